The molecule has 40 heavy (non-hydrogen) atoms. The highest BCUT2D eigenvalue weighted by atomic mass is 16.6. The largest absolute Gasteiger partial charge is 0.465 e. The summed E-state index contributed by atoms with van der Waals surface area (Å²) >= 11 is 0. The van der Waals surface area contributed by atoms with Gasteiger partial charge < -0.3 is 19.5 Å². The summed E-state index contributed by atoms with van der Waals surface area (Å²) in [7, 11) is 1.23. The lowest BCUT2D eigenvalue weighted by molar-refractivity contribution is -0.144. The predicted molar refractivity (Wildman–Crippen MR) is 146 cm³/mol. The van der Waals surface area contributed by atoms with Crippen LogP contribution in [0.2, 0.25) is 0 Å². The van der Waals surface area contributed by atoms with Gasteiger partial charge in [0.1, 0.15) is 11.9 Å². The first-order valence-electron chi connectivity index (χ1n) is 13.0. The van der Waals surface area contributed by atoms with E-state index in [0.29, 0.717) is 30.9 Å². The van der Waals surface area contributed by atoms with E-state index in [1.165, 1.54) is 19.2 Å². The molecule has 1 atom stereocenters. The fraction of sp³-hybridized carbons (Fsp3) is 0.393. The zero-order valence-corrected chi connectivity index (χ0v) is 22.6. The number of piperazine rings is 1. The van der Waals surface area contributed by atoms with E-state index in [9.17, 15) is 19.2 Å². The van der Waals surface area contributed by atoms with E-state index in [4.69, 9.17) is 19.6 Å². The SMILES string of the molecule is CCOC(=O)CN1CCN(CC2CN(c3ccc(C(=N)NC(=O)c4ccccc4C(=O)OC)cc3)C(=O)O2)CC1. The predicted octanol–water partition coefficient (Wildman–Crippen LogP) is 1.73. The van der Waals surface area contributed by atoms with Gasteiger partial charge in [0.2, 0.25) is 0 Å². The number of amidine groups is 1. The third-order valence-corrected chi connectivity index (χ3v) is 6.74. The van der Waals surface area contributed by atoms with Crippen LogP contribution in [-0.2, 0) is 19.0 Å². The van der Waals surface area contributed by atoms with Gasteiger partial charge in [0.15, 0.2) is 0 Å². The number of nitrogens with zero attached hydrogens (tertiary/aromatic N) is 3. The Morgan fingerprint density at radius 1 is 1.00 bits per heavy atom. The molecule has 0 saturated carbocycles. The highest BCUT2D eigenvalue weighted by molar-refractivity contribution is 6.14. The van der Waals surface area contributed by atoms with Gasteiger partial charge in [0, 0.05) is 44.0 Å². The van der Waals surface area contributed by atoms with Crippen molar-refractivity contribution in [2.75, 3.05) is 64.4 Å². The van der Waals surface area contributed by atoms with Gasteiger partial charge in [-0.15, -0.1) is 0 Å². The summed E-state index contributed by atoms with van der Waals surface area (Å²) in [6, 6.07) is 12.8. The second-order valence-corrected chi connectivity index (χ2v) is 9.41. The van der Waals surface area contributed by atoms with E-state index in [0.717, 1.165) is 26.2 Å². The first-order valence-corrected chi connectivity index (χ1v) is 13.0. The van der Waals surface area contributed by atoms with E-state index in [1.54, 1.807) is 48.2 Å². The van der Waals surface area contributed by atoms with Crippen LogP contribution < -0.4 is 10.2 Å². The second kappa shape index (κ2) is 13.2. The van der Waals surface area contributed by atoms with Crippen LogP contribution in [0.15, 0.2) is 48.5 Å². The molecule has 2 aliphatic rings. The topological polar surface area (TPSA) is 142 Å². The molecule has 12 heteroatoms. The van der Waals surface area contributed by atoms with Crippen LogP contribution in [0.5, 0.6) is 0 Å². The molecule has 0 aliphatic carbocycles. The highest BCUT2D eigenvalue weighted by Crippen LogP contribution is 2.23. The molecule has 2 amide bonds. The number of rotatable bonds is 9. The molecule has 0 spiro atoms. The summed E-state index contributed by atoms with van der Waals surface area (Å²) in [5.74, 6) is -1.62. The normalized spacial score (nSPS) is 17.7. The second-order valence-electron chi connectivity index (χ2n) is 9.41. The van der Waals surface area contributed by atoms with Gasteiger partial charge in [-0.3, -0.25) is 29.7 Å². The summed E-state index contributed by atoms with van der Waals surface area (Å²) < 4.78 is 15.3. The van der Waals surface area contributed by atoms with Gasteiger partial charge in [-0.05, 0) is 43.3 Å². The third-order valence-electron chi connectivity index (χ3n) is 6.74. The molecule has 2 aromatic rings. The van der Waals surface area contributed by atoms with Gasteiger partial charge >= 0.3 is 18.0 Å². The average Bonchev–Trinajstić information content (AvgIpc) is 3.33. The van der Waals surface area contributed by atoms with Crippen LogP contribution in [0, 0.1) is 5.41 Å². The Balaban J connectivity index is 1.29. The van der Waals surface area contributed by atoms with Crippen molar-refractivity contribution < 1.29 is 33.4 Å². The lowest BCUT2D eigenvalue weighted by Gasteiger charge is -2.34. The average molecular weight is 552 g/mol. The van der Waals surface area contributed by atoms with E-state index < -0.39 is 18.0 Å². The number of carbonyl (C=O) groups is 4. The molecule has 2 aromatic carbocycles. The van der Waals surface area contributed by atoms with Crippen LogP contribution in [-0.4, -0.2) is 105 Å². The van der Waals surface area contributed by atoms with Crippen LogP contribution in [0.4, 0.5) is 10.5 Å². The quantitative estimate of drug-likeness (QED) is 0.206. The molecule has 2 heterocycles. The molecule has 2 saturated heterocycles. The highest BCUT2D eigenvalue weighted by Gasteiger charge is 2.34. The molecule has 12 nitrogen and oxygen atoms in total. The number of carbonyl (C=O) groups excluding carboxylic acids is 4. The Kier molecular flexibility index (Phi) is 9.46. The Hall–Kier alpha value is -4.29. The minimum atomic E-state index is -0.645. The molecule has 212 valence electrons. The lowest BCUT2D eigenvalue weighted by atomic mass is 10.1. The fourth-order valence-corrected chi connectivity index (χ4v) is 4.66. The van der Waals surface area contributed by atoms with E-state index >= 15 is 0 Å². The van der Waals surface area contributed by atoms with Crippen LogP contribution in [0.3, 0.4) is 0 Å². The first-order chi connectivity index (χ1) is 19.3. The van der Waals surface area contributed by atoms with Crippen LogP contribution in [0.1, 0.15) is 33.2 Å². The van der Waals surface area contributed by atoms with Crippen molar-refractivity contribution >= 4 is 35.5 Å². The molecular formula is C28H33N5O7. The van der Waals surface area contributed by atoms with Gasteiger partial charge in [0.05, 0.1) is 37.9 Å². The van der Waals surface area contributed by atoms with Crippen LogP contribution in [0.25, 0.3) is 0 Å². The van der Waals surface area contributed by atoms with Crippen molar-refractivity contribution in [3.05, 3.63) is 65.2 Å². The maximum Gasteiger partial charge on any atom is 0.414 e. The monoisotopic (exact) mass is 551 g/mol. The van der Waals surface area contributed by atoms with Crippen LogP contribution >= 0.6 is 0 Å². The molecule has 1 unspecified atom stereocenters. The zero-order valence-electron chi connectivity index (χ0n) is 22.6. The summed E-state index contributed by atoms with van der Waals surface area (Å²) in [4.78, 5) is 54.8. The Bertz CT molecular complexity index is 1260. The minimum Gasteiger partial charge on any atom is -0.465 e. The lowest BCUT2D eigenvalue weighted by Crippen LogP contribution is -2.50. The van der Waals surface area contributed by atoms with Gasteiger partial charge in [-0.25, -0.2) is 9.59 Å². The Morgan fingerprint density at radius 2 is 1.65 bits per heavy atom. The number of benzene rings is 2. The third kappa shape index (κ3) is 7.01. The number of nitrogens with one attached hydrogen (secondary N) is 2. The fourth-order valence-electron chi connectivity index (χ4n) is 4.66. The minimum absolute atomic E-state index is 0.0991. The van der Waals surface area contributed by atoms with Crippen molar-refractivity contribution in [1.82, 2.24) is 15.1 Å². The number of methoxy groups -OCH3 is 1. The Labute approximate surface area is 232 Å². The number of hydrogen-bond donors (Lipinski definition) is 2. The molecule has 2 N–H and O–H groups in total. The van der Waals surface area contributed by atoms with E-state index in [1.807, 2.05) is 0 Å². The van der Waals surface area contributed by atoms with Crippen molar-refractivity contribution in [1.29, 1.82) is 5.41 Å². The molecule has 2 aliphatic heterocycles. The summed E-state index contributed by atoms with van der Waals surface area (Å²) in [5.41, 5.74) is 1.25. The first kappa shape index (κ1) is 28.7. The smallest absolute Gasteiger partial charge is 0.414 e. The van der Waals surface area contributed by atoms with Crippen molar-refractivity contribution in [2.24, 2.45) is 0 Å². The van der Waals surface area contributed by atoms with Gasteiger partial charge in [-0.2, -0.15) is 0 Å². The summed E-state index contributed by atoms with van der Waals surface area (Å²) in [6.45, 7) is 6.43. The summed E-state index contributed by atoms with van der Waals surface area (Å²) in [5, 5.41) is 10.8. The molecule has 0 aromatic heterocycles. The zero-order chi connectivity index (χ0) is 28.6. The number of ether oxygens (including phenoxy) is 3. The van der Waals surface area contributed by atoms with Crippen molar-refractivity contribution in [3.8, 4) is 0 Å². The van der Waals surface area contributed by atoms with Crippen molar-refractivity contribution in [3.63, 3.8) is 0 Å². The van der Waals surface area contributed by atoms with Gasteiger partial charge in [0.25, 0.3) is 5.91 Å². The van der Waals surface area contributed by atoms with E-state index in [-0.39, 0.29) is 35.6 Å². The number of anilines is 1. The molecule has 0 bridgehead atoms. The number of cyclic esters (lactones) is 1. The molecule has 4 rings (SSSR count). The van der Waals surface area contributed by atoms with Crippen molar-refractivity contribution in [2.45, 2.75) is 13.0 Å². The molecular weight excluding hydrogens is 518 g/mol. The molecule has 0 radical (unpaired) electrons. The summed E-state index contributed by atoms with van der Waals surface area (Å²) in [6.07, 6.45) is -0.738. The number of hydrogen-bond acceptors (Lipinski definition) is 10. The van der Waals surface area contributed by atoms with Gasteiger partial charge in [-0.1, -0.05) is 12.1 Å². The number of esters is 2. The Morgan fingerprint density at radius 3 is 2.30 bits per heavy atom. The standard InChI is InChI=1S/C28H33N5O7/c1-3-39-24(34)18-32-14-12-31(13-15-32)16-21-17-33(28(37)40-21)20-10-8-19(9-11-20)25(29)30-26(35)22-6-4-5-7-23(22)27(36)38-2/h4-11,21H,3,12-18H2,1-2H3,(H2,29,30,35). The maximum atomic E-state index is 12.7. The molecule has 2 fully saturated rings. The number of amides is 2. The maximum absolute atomic E-state index is 12.7. The van der Waals surface area contributed by atoms with E-state index in [2.05, 4.69) is 15.1 Å².